The van der Waals surface area contributed by atoms with Crippen LogP contribution in [0, 0.1) is 0 Å². The molecule has 1 aliphatic heterocycles. The van der Waals surface area contributed by atoms with Gasteiger partial charge in [0.05, 0.1) is 11.9 Å². The fraction of sp³-hybridized carbons (Fsp3) is 0.214. The molecule has 1 unspecified atom stereocenters. The van der Waals surface area contributed by atoms with E-state index in [1.165, 1.54) is 0 Å². The largest absolute Gasteiger partial charge is 0.475 e. The zero-order valence-electron chi connectivity index (χ0n) is 10.6. The van der Waals surface area contributed by atoms with Gasteiger partial charge in [-0.1, -0.05) is 12.2 Å². The summed E-state index contributed by atoms with van der Waals surface area (Å²) in [6, 6.07) is 5.69. The van der Waals surface area contributed by atoms with E-state index in [-0.39, 0.29) is 0 Å². The van der Waals surface area contributed by atoms with Crippen molar-refractivity contribution >= 4 is 28.7 Å². The number of pyridine rings is 2. The fourth-order valence-corrected chi connectivity index (χ4v) is 3.07. The topological polar surface area (TPSA) is 73.1 Å². The van der Waals surface area contributed by atoms with Crippen LogP contribution < -0.4 is 15.8 Å². The number of hydrogen-bond acceptors (Lipinski definition) is 5. The summed E-state index contributed by atoms with van der Waals surface area (Å²) in [5, 5.41) is 3.18. The Kier molecular flexibility index (Phi) is 2.26. The molecule has 0 fully saturated rings. The Labute approximate surface area is 121 Å². The van der Waals surface area contributed by atoms with Crippen molar-refractivity contribution in [3.05, 3.63) is 41.9 Å². The summed E-state index contributed by atoms with van der Waals surface area (Å²) < 4.78 is 6.17. The highest BCUT2D eigenvalue weighted by molar-refractivity contribution is 7.80. The minimum absolute atomic E-state index is 0.561. The molecule has 0 saturated carbocycles. The lowest BCUT2D eigenvalue weighted by atomic mass is 9.98. The highest BCUT2D eigenvalue weighted by Crippen LogP contribution is 2.40. The summed E-state index contributed by atoms with van der Waals surface area (Å²) in [4.78, 5) is 9.27. The number of nitrogen functional groups attached to an aromatic ring is 1. The number of anilines is 2. The van der Waals surface area contributed by atoms with Gasteiger partial charge in [0, 0.05) is 24.7 Å². The minimum Gasteiger partial charge on any atom is -0.475 e. The van der Waals surface area contributed by atoms with Crippen molar-refractivity contribution in [3.8, 4) is 5.75 Å². The molecule has 3 heterocycles. The van der Waals surface area contributed by atoms with Crippen molar-refractivity contribution in [2.75, 3.05) is 11.1 Å². The van der Waals surface area contributed by atoms with Crippen LogP contribution in [-0.4, -0.2) is 20.6 Å². The Morgan fingerprint density at radius 1 is 1.35 bits per heavy atom. The summed E-state index contributed by atoms with van der Waals surface area (Å²) >= 11 is 5.50. The van der Waals surface area contributed by atoms with E-state index in [0.717, 1.165) is 17.0 Å². The molecule has 0 radical (unpaired) electrons. The van der Waals surface area contributed by atoms with Crippen LogP contribution in [0.4, 0.5) is 11.5 Å². The maximum atomic E-state index is 6.17. The summed E-state index contributed by atoms with van der Waals surface area (Å²) in [6.45, 7) is 0. The maximum absolute atomic E-state index is 6.17. The van der Waals surface area contributed by atoms with Crippen molar-refractivity contribution in [1.82, 2.24) is 9.97 Å². The predicted molar refractivity (Wildman–Crippen MR) is 79.9 cm³/mol. The zero-order chi connectivity index (χ0) is 13.7. The molecule has 0 amide bonds. The molecule has 3 N–H and O–H groups in total. The number of nitrogens with one attached hydrogen (secondary N) is 1. The summed E-state index contributed by atoms with van der Waals surface area (Å²) in [5.41, 5.74) is 8.00. The fourth-order valence-electron chi connectivity index (χ4n) is 2.79. The molecule has 20 heavy (non-hydrogen) atoms. The highest BCUT2D eigenvalue weighted by Gasteiger charge is 2.47. The molecule has 1 spiro atoms. The van der Waals surface area contributed by atoms with Gasteiger partial charge in [0.1, 0.15) is 4.99 Å². The van der Waals surface area contributed by atoms with Gasteiger partial charge in [-0.25, -0.2) is 4.98 Å². The molecule has 1 aliphatic carbocycles. The Morgan fingerprint density at radius 2 is 2.25 bits per heavy atom. The van der Waals surface area contributed by atoms with Gasteiger partial charge in [-0.3, -0.25) is 4.98 Å². The van der Waals surface area contributed by atoms with Crippen LogP contribution in [-0.2, 0) is 12.8 Å². The number of rotatable bonds is 0. The molecule has 1 atom stereocenters. The van der Waals surface area contributed by atoms with E-state index in [2.05, 4.69) is 15.3 Å². The van der Waals surface area contributed by atoms with Gasteiger partial charge in [0.25, 0.3) is 0 Å². The first-order valence-electron chi connectivity index (χ1n) is 6.35. The maximum Gasteiger partial charge on any atom is 0.173 e. The number of fused-ring (bicyclic) bond motifs is 2. The second-order valence-corrected chi connectivity index (χ2v) is 5.54. The summed E-state index contributed by atoms with van der Waals surface area (Å²) in [7, 11) is 0. The van der Waals surface area contributed by atoms with E-state index in [0.29, 0.717) is 29.3 Å². The zero-order valence-corrected chi connectivity index (χ0v) is 11.4. The first-order chi connectivity index (χ1) is 9.66. The van der Waals surface area contributed by atoms with E-state index in [1.807, 2.05) is 18.2 Å². The van der Waals surface area contributed by atoms with Crippen molar-refractivity contribution in [2.24, 2.45) is 0 Å². The van der Waals surface area contributed by atoms with Crippen LogP contribution in [0.5, 0.6) is 5.75 Å². The predicted octanol–water partition coefficient (Wildman–Crippen LogP) is 1.73. The van der Waals surface area contributed by atoms with Crippen molar-refractivity contribution < 1.29 is 4.74 Å². The molecule has 0 aromatic carbocycles. The van der Waals surface area contributed by atoms with Crippen LogP contribution in [0.2, 0.25) is 0 Å². The van der Waals surface area contributed by atoms with E-state index in [4.69, 9.17) is 22.7 Å². The molecule has 100 valence electrons. The molecule has 2 aromatic rings. The Balaban J connectivity index is 1.76. The number of hydrogen-bond donors (Lipinski definition) is 2. The molecule has 0 bridgehead atoms. The van der Waals surface area contributed by atoms with Crippen LogP contribution in [0.1, 0.15) is 11.3 Å². The standard InChI is InChI=1S/C14H12N4OS/c15-9-4-8-5-14(6-10(8)17-7-9)13(20)18-12-11(19-14)2-1-3-16-12/h1-4,7H,5-6,15H2,(H,16,18,20). The smallest absolute Gasteiger partial charge is 0.173 e. The van der Waals surface area contributed by atoms with E-state index in [9.17, 15) is 0 Å². The van der Waals surface area contributed by atoms with Crippen molar-refractivity contribution in [2.45, 2.75) is 18.4 Å². The lowest BCUT2D eigenvalue weighted by Crippen LogP contribution is -2.50. The lowest BCUT2D eigenvalue weighted by Gasteiger charge is -2.35. The van der Waals surface area contributed by atoms with Gasteiger partial charge in [0.2, 0.25) is 0 Å². The van der Waals surface area contributed by atoms with Crippen LogP contribution in [0.15, 0.2) is 30.6 Å². The normalized spacial score (nSPS) is 22.9. The second kappa shape index (κ2) is 3.89. The lowest BCUT2D eigenvalue weighted by molar-refractivity contribution is 0.150. The first-order valence-corrected chi connectivity index (χ1v) is 6.76. The van der Waals surface area contributed by atoms with Crippen LogP contribution >= 0.6 is 12.2 Å². The molecule has 6 heteroatoms. The van der Waals surface area contributed by atoms with E-state index < -0.39 is 5.60 Å². The number of ether oxygens (including phenoxy) is 1. The molecular weight excluding hydrogens is 272 g/mol. The number of nitrogens with zero attached hydrogens (tertiary/aromatic N) is 2. The Hall–Kier alpha value is -2.21. The third-order valence-electron chi connectivity index (χ3n) is 3.73. The van der Waals surface area contributed by atoms with Gasteiger partial charge in [-0.15, -0.1) is 0 Å². The molecule has 5 nitrogen and oxygen atoms in total. The van der Waals surface area contributed by atoms with Crippen LogP contribution in [0.25, 0.3) is 0 Å². The van der Waals surface area contributed by atoms with E-state index in [1.54, 1.807) is 12.4 Å². The third kappa shape index (κ3) is 1.58. The SMILES string of the molecule is Nc1cnc2c(c1)CC1(C2)Oc2cccnc2NC1=S. The number of nitrogens with two attached hydrogens (primary N) is 1. The Bertz CT molecular complexity index is 733. The number of aromatic nitrogens is 2. The first kappa shape index (κ1) is 11.6. The van der Waals surface area contributed by atoms with Gasteiger partial charge in [0.15, 0.2) is 17.2 Å². The van der Waals surface area contributed by atoms with Gasteiger partial charge < -0.3 is 15.8 Å². The minimum atomic E-state index is -0.561. The summed E-state index contributed by atoms with van der Waals surface area (Å²) in [6.07, 6.45) is 4.72. The van der Waals surface area contributed by atoms with Crippen molar-refractivity contribution in [3.63, 3.8) is 0 Å². The highest BCUT2D eigenvalue weighted by atomic mass is 32.1. The second-order valence-electron chi connectivity index (χ2n) is 5.13. The molecular formula is C14H12N4OS. The van der Waals surface area contributed by atoms with Gasteiger partial charge in [-0.2, -0.15) is 0 Å². The average Bonchev–Trinajstić information content (AvgIpc) is 2.78. The monoisotopic (exact) mass is 284 g/mol. The molecule has 2 aromatic heterocycles. The average molecular weight is 284 g/mol. The van der Waals surface area contributed by atoms with Crippen molar-refractivity contribution in [1.29, 1.82) is 0 Å². The third-order valence-corrected chi connectivity index (χ3v) is 4.21. The Morgan fingerprint density at radius 3 is 3.15 bits per heavy atom. The number of thiocarbonyl (C=S) groups is 1. The quantitative estimate of drug-likeness (QED) is 0.718. The molecule has 2 aliphatic rings. The summed E-state index contributed by atoms with van der Waals surface area (Å²) in [5.74, 6) is 1.40. The van der Waals surface area contributed by atoms with E-state index >= 15 is 0 Å². The van der Waals surface area contributed by atoms with Gasteiger partial charge in [-0.05, 0) is 23.8 Å². The molecule has 4 rings (SSSR count). The molecule has 0 saturated heterocycles. The van der Waals surface area contributed by atoms with Gasteiger partial charge >= 0.3 is 0 Å². The van der Waals surface area contributed by atoms with Crippen LogP contribution in [0.3, 0.4) is 0 Å².